The number of nitrogens with one attached hydrogen (secondary N) is 1. The number of anilines is 2. The van der Waals surface area contributed by atoms with E-state index in [1.165, 1.54) is 0 Å². The lowest BCUT2D eigenvalue weighted by molar-refractivity contribution is 0.475. The lowest BCUT2D eigenvalue weighted by Crippen LogP contribution is -1.89. The van der Waals surface area contributed by atoms with Crippen LogP contribution in [0.25, 0.3) is 0 Å². The molecule has 2 N–H and O–H groups in total. The first-order chi connectivity index (χ1) is 6.84. The van der Waals surface area contributed by atoms with E-state index < -0.39 is 0 Å². The minimum Gasteiger partial charge on any atom is -0.508 e. The maximum Gasteiger partial charge on any atom is 0.115 e. The first-order valence-electron chi connectivity index (χ1n) is 4.31. The molecule has 1 aromatic carbocycles. The van der Waals surface area contributed by atoms with Gasteiger partial charge in [-0.2, -0.15) is 0 Å². The largest absolute Gasteiger partial charge is 0.508 e. The highest BCUT2D eigenvalue weighted by Crippen LogP contribution is 2.17. The van der Waals surface area contributed by atoms with Crippen molar-refractivity contribution in [3.8, 4) is 5.75 Å². The lowest BCUT2D eigenvalue weighted by atomic mass is 10.3. The number of pyridine rings is 1. The predicted molar refractivity (Wildman–Crippen MR) is 55.6 cm³/mol. The van der Waals surface area contributed by atoms with Crippen LogP contribution in [-0.4, -0.2) is 10.1 Å². The average Bonchev–Trinajstić information content (AvgIpc) is 2.23. The molecule has 0 aliphatic carbocycles. The smallest absolute Gasteiger partial charge is 0.115 e. The molecule has 0 fully saturated rings. The molecule has 0 bridgehead atoms. The van der Waals surface area contributed by atoms with Crippen molar-refractivity contribution in [2.75, 3.05) is 5.32 Å². The van der Waals surface area contributed by atoms with E-state index in [2.05, 4.69) is 10.3 Å². The molecule has 0 amide bonds. The van der Waals surface area contributed by atoms with Crippen molar-refractivity contribution in [1.29, 1.82) is 0 Å². The van der Waals surface area contributed by atoms with Gasteiger partial charge in [-0.15, -0.1) is 0 Å². The molecule has 0 saturated carbocycles. The van der Waals surface area contributed by atoms with Crippen molar-refractivity contribution in [2.24, 2.45) is 0 Å². The van der Waals surface area contributed by atoms with Crippen LogP contribution in [0.2, 0.25) is 0 Å². The summed E-state index contributed by atoms with van der Waals surface area (Å²) in [6.45, 7) is 0. The van der Waals surface area contributed by atoms with Gasteiger partial charge in [0.05, 0.1) is 11.9 Å². The molecule has 14 heavy (non-hydrogen) atoms. The SMILES string of the molecule is Oc1ccc(Nc2cccnc2)cc1. The second kappa shape index (κ2) is 3.79. The Morgan fingerprint density at radius 1 is 1.00 bits per heavy atom. The zero-order chi connectivity index (χ0) is 9.80. The van der Waals surface area contributed by atoms with Crippen LogP contribution in [0.5, 0.6) is 5.75 Å². The molecule has 1 heterocycles. The molecule has 1 aromatic heterocycles. The number of rotatable bonds is 2. The van der Waals surface area contributed by atoms with Crippen molar-refractivity contribution < 1.29 is 5.11 Å². The molecule has 0 atom stereocenters. The van der Waals surface area contributed by atoms with Gasteiger partial charge in [-0.25, -0.2) is 0 Å². The third-order valence-corrected chi connectivity index (χ3v) is 1.82. The standard InChI is InChI=1S/C11H10N2O/c14-11-5-3-9(4-6-11)13-10-2-1-7-12-8-10/h1-8,13-14H. The third-order valence-electron chi connectivity index (χ3n) is 1.82. The molecule has 70 valence electrons. The van der Waals surface area contributed by atoms with Crippen LogP contribution < -0.4 is 5.32 Å². The Morgan fingerprint density at radius 2 is 1.79 bits per heavy atom. The summed E-state index contributed by atoms with van der Waals surface area (Å²) in [4.78, 5) is 3.99. The van der Waals surface area contributed by atoms with Crippen LogP contribution in [0, 0.1) is 0 Å². The first kappa shape index (κ1) is 8.56. The Hall–Kier alpha value is -2.03. The van der Waals surface area contributed by atoms with E-state index in [1.807, 2.05) is 24.3 Å². The summed E-state index contributed by atoms with van der Waals surface area (Å²) in [5, 5.41) is 12.2. The highest BCUT2D eigenvalue weighted by atomic mass is 16.3. The summed E-state index contributed by atoms with van der Waals surface area (Å²) in [5.74, 6) is 0.265. The molecule has 0 saturated heterocycles. The van der Waals surface area contributed by atoms with Gasteiger partial charge in [0.25, 0.3) is 0 Å². The molecule has 2 aromatic rings. The fraction of sp³-hybridized carbons (Fsp3) is 0. The molecular weight excluding hydrogens is 176 g/mol. The lowest BCUT2D eigenvalue weighted by Gasteiger charge is -2.04. The van der Waals surface area contributed by atoms with Gasteiger partial charge in [0.2, 0.25) is 0 Å². The Balaban J connectivity index is 2.16. The summed E-state index contributed by atoms with van der Waals surface area (Å²) in [5.41, 5.74) is 1.86. The summed E-state index contributed by atoms with van der Waals surface area (Å²) in [6.07, 6.45) is 3.47. The fourth-order valence-electron chi connectivity index (χ4n) is 1.15. The van der Waals surface area contributed by atoms with Crippen LogP contribution >= 0.6 is 0 Å². The number of phenolic OH excluding ortho intramolecular Hbond substituents is 1. The number of benzene rings is 1. The second-order valence-corrected chi connectivity index (χ2v) is 2.91. The second-order valence-electron chi connectivity index (χ2n) is 2.91. The van der Waals surface area contributed by atoms with E-state index in [4.69, 9.17) is 5.11 Å². The van der Waals surface area contributed by atoms with Crippen molar-refractivity contribution in [3.05, 3.63) is 48.8 Å². The van der Waals surface area contributed by atoms with E-state index in [0.717, 1.165) is 11.4 Å². The maximum atomic E-state index is 9.08. The molecule has 0 spiro atoms. The summed E-state index contributed by atoms with van der Waals surface area (Å²) in [7, 11) is 0. The van der Waals surface area contributed by atoms with Gasteiger partial charge in [-0.1, -0.05) is 0 Å². The Kier molecular flexibility index (Phi) is 2.32. The highest BCUT2D eigenvalue weighted by Gasteiger charge is 1.93. The summed E-state index contributed by atoms with van der Waals surface area (Å²) < 4.78 is 0. The molecule has 3 heteroatoms. The third kappa shape index (κ3) is 2.01. The molecule has 0 aliphatic rings. The van der Waals surface area contributed by atoms with Crippen LogP contribution in [0.1, 0.15) is 0 Å². The van der Waals surface area contributed by atoms with Crippen LogP contribution in [-0.2, 0) is 0 Å². The molecule has 0 radical (unpaired) electrons. The van der Waals surface area contributed by atoms with Gasteiger partial charge in [0, 0.05) is 11.9 Å². The van der Waals surface area contributed by atoms with E-state index in [0.29, 0.717) is 0 Å². The van der Waals surface area contributed by atoms with Crippen molar-refractivity contribution in [3.63, 3.8) is 0 Å². The predicted octanol–water partition coefficient (Wildman–Crippen LogP) is 2.53. The first-order valence-corrected chi connectivity index (χ1v) is 4.31. The number of phenols is 1. The van der Waals surface area contributed by atoms with E-state index >= 15 is 0 Å². The summed E-state index contributed by atoms with van der Waals surface area (Å²) >= 11 is 0. The quantitative estimate of drug-likeness (QED) is 0.708. The van der Waals surface area contributed by atoms with E-state index in [9.17, 15) is 0 Å². The number of aromatic hydroxyl groups is 1. The zero-order valence-corrected chi connectivity index (χ0v) is 7.51. The van der Waals surface area contributed by atoms with Crippen LogP contribution in [0.4, 0.5) is 11.4 Å². The Bertz CT molecular complexity index is 397. The topological polar surface area (TPSA) is 45.1 Å². The fourth-order valence-corrected chi connectivity index (χ4v) is 1.15. The minimum atomic E-state index is 0.265. The van der Waals surface area contributed by atoms with E-state index in [-0.39, 0.29) is 5.75 Å². The molecular formula is C11H10N2O. The molecule has 3 nitrogen and oxygen atoms in total. The highest BCUT2D eigenvalue weighted by molar-refractivity contribution is 5.58. The van der Waals surface area contributed by atoms with Crippen molar-refractivity contribution in [1.82, 2.24) is 4.98 Å². The molecule has 2 rings (SSSR count). The van der Waals surface area contributed by atoms with Gasteiger partial charge in [-0.3, -0.25) is 4.98 Å². The Morgan fingerprint density at radius 3 is 2.43 bits per heavy atom. The van der Waals surface area contributed by atoms with Gasteiger partial charge in [-0.05, 0) is 36.4 Å². The minimum absolute atomic E-state index is 0.265. The van der Waals surface area contributed by atoms with Gasteiger partial charge in [0.1, 0.15) is 5.75 Å². The van der Waals surface area contributed by atoms with Gasteiger partial charge >= 0.3 is 0 Å². The number of nitrogens with zero attached hydrogens (tertiary/aromatic N) is 1. The number of hydrogen-bond acceptors (Lipinski definition) is 3. The monoisotopic (exact) mass is 186 g/mol. The number of hydrogen-bond donors (Lipinski definition) is 2. The van der Waals surface area contributed by atoms with Crippen molar-refractivity contribution in [2.45, 2.75) is 0 Å². The zero-order valence-electron chi connectivity index (χ0n) is 7.51. The normalized spacial score (nSPS) is 9.71. The van der Waals surface area contributed by atoms with Gasteiger partial charge < -0.3 is 10.4 Å². The molecule has 0 unspecified atom stereocenters. The number of aromatic nitrogens is 1. The summed E-state index contributed by atoms with van der Waals surface area (Å²) in [6, 6.07) is 10.7. The van der Waals surface area contributed by atoms with Gasteiger partial charge in [0.15, 0.2) is 0 Å². The molecule has 0 aliphatic heterocycles. The maximum absolute atomic E-state index is 9.08. The Labute approximate surface area is 82.1 Å². The van der Waals surface area contributed by atoms with Crippen LogP contribution in [0.15, 0.2) is 48.8 Å². The van der Waals surface area contributed by atoms with Crippen LogP contribution in [0.3, 0.4) is 0 Å². The average molecular weight is 186 g/mol. The van der Waals surface area contributed by atoms with E-state index in [1.54, 1.807) is 24.5 Å². The van der Waals surface area contributed by atoms with Crippen molar-refractivity contribution >= 4 is 11.4 Å².